The van der Waals surface area contributed by atoms with Crippen molar-refractivity contribution in [1.29, 1.82) is 0 Å². The molecule has 4 fully saturated rings. The minimum Gasteiger partial charge on any atom is -0.359 e. The van der Waals surface area contributed by atoms with Gasteiger partial charge in [-0.1, -0.05) is 44.1 Å². The summed E-state index contributed by atoms with van der Waals surface area (Å²) < 4.78 is 6.41. The predicted octanol–water partition coefficient (Wildman–Crippen LogP) is 2.94. The highest BCUT2D eigenvalue weighted by Gasteiger charge is 2.74. The van der Waals surface area contributed by atoms with Crippen LogP contribution in [0.4, 0.5) is 5.69 Å². The average molecular weight is 464 g/mol. The van der Waals surface area contributed by atoms with E-state index in [9.17, 15) is 14.4 Å². The molecule has 0 unspecified atom stereocenters. The van der Waals surface area contributed by atoms with E-state index in [-0.39, 0.29) is 29.8 Å². The molecule has 0 radical (unpaired) electrons. The zero-order valence-corrected chi connectivity index (χ0v) is 19.8. The van der Waals surface area contributed by atoms with E-state index in [2.05, 4.69) is 17.6 Å². The highest BCUT2D eigenvalue weighted by atomic mass is 16.5. The van der Waals surface area contributed by atoms with Crippen molar-refractivity contribution >= 4 is 23.4 Å². The third-order valence-corrected chi connectivity index (χ3v) is 8.53. The summed E-state index contributed by atoms with van der Waals surface area (Å²) in [6.45, 7) is 4.16. The summed E-state index contributed by atoms with van der Waals surface area (Å²) in [6.07, 6.45) is 9.45. The van der Waals surface area contributed by atoms with Crippen LogP contribution in [0.1, 0.15) is 51.0 Å². The number of anilines is 1. The predicted molar refractivity (Wildman–Crippen MR) is 127 cm³/mol. The molecule has 2 saturated heterocycles. The van der Waals surface area contributed by atoms with Gasteiger partial charge < -0.3 is 20.3 Å². The first-order valence-corrected chi connectivity index (χ1v) is 12.8. The lowest BCUT2D eigenvalue weighted by Gasteiger charge is -2.36. The maximum absolute atomic E-state index is 13.8. The number of carbonyl (C=O) groups excluding carboxylic acids is 3. The maximum Gasteiger partial charge on any atom is 0.246 e. The van der Waals surface area contributed by atoms with Gasteiger partial charge in [-0.05, 0) is 56.2 Å². The molecular formula is C27H33N3O4. The Balaban J connectivity index is 1.29. The maximum atomic E-state index is 13.8. The van der Waals surface area contributed by atoms with Gasteiger partial charge in [-0.3, -0.25) is 14.4 Å². The van der Waals surface area contributed by atoms with Crippen LogP contribution in [0, 0.1) is 24.7 Å². The number of nitrogens with zero attached hydrogens (tertiary/aromatic N) is 1. The van der Waals surface area contributed by atoms with E-state index >= 15 is 0 Å². The Bertz CT molecular complexity index is 1070. The van der Waals surface area contributed by atoms with Crippen molar-refractivity contribution in [3.8, 4) is 0 Å². The van der Waals surface area contributed by atoms with Gasteiger partial charge in [0.05, 0.1) is 17.9 Å². The van der Waals surface area contributed by atoms with Gasteiger partial charge in [0.1, 0.15) is 11.6 Å². The monoisotopic (exact) mass is 463 g/mol. The van der Waals surface area contributed by atoms with E-state index in [4.69, 9.17) is 4.74 Å². The van der Waals surface area contributed by atoms with Crippen molar-refractivity contribution in [3.05, 3.63) is 42.0 Å². The fourth-order valence-corrected chi connectivity index (χ4v) is 6.69. The quantitative estimate of drug-likeness (QED) is 0.658. The third-order valence-electron chi connectivity index (χ3n) is 8.53. The van der Waals surface area contributed by atoms with Gasteiger partial charge in [-0.2, -0.15) is 0 Å². The molecule has 0 aromatic heterocycles. The lowest BCUT2D eigenvalue weighted by molar-refractivity contribution is -0.142. The molecule has 2 aliphatic carbocycles. The Hall–Kier alpha value is -2.67. The second kappa shape index (κ2) is 7.94. The first-order valence-electron chi connectivity index (χ1n) is 12.8. The smallest absolute Gasteiger partial charge is 0.246 e. The number of ether oxygens (including phenoxy) is 1. The molecule has 7 atom stereocenters. The Morgan fingerprint density at radius 1 is 1.12 bits per heavy atom. The fourth-order valence-electron chi connectivity index (χ4n) is 6.69. The number of likely N-dealkylation sites (tertiary alicyclic amines) is 1. The number of hydrogen-bond donors (Lipinski definition) is 2. The summed E-state index contributed by atoms with van der Waals surface area (Å²) in [7, 11) is 0. The van der Waals surface area contributed by atoms with Crippen LogP contribution in [0.5, 0.6) is 0 Å². The molecular weight excluding hydrogens is 430 g/mol. The summed E-state index contributed by atoms with van der Waals surface area (Å²) >= 11 is 0. The Kier molecular flexibility index (Phi) is 5.10. The number of carbonyl (C=O) groups is 3. The van der Waals surface area contributed by atoms with Crippen LogP contribution in [0.25, 0.3) is 0 Å². The molecule has 3 aliphatic heterocycles. The largest absolute Gasteiger partial charge is 0.359 e. The molecule has 3 heterocycles. The van der Waals surface area contributed by atoms with Crippen LogP contribution < -0.4 is 10.6 Å². The van der Waals surface area contributed by atoms with E-state index in [0.717, 1.165) is 37.7 Å². The van der Waals surface area contributed by atoms with E-state index in [1.807, 2.05) is 43.3 Å². The van der Waals surface area contributed by atoms with Crippen molar-refractivity contribution in [2.75, 3.05) is 5.32 Å². The summed E-state index contributed by atoms with van der Waals surface area (Å²) in [5.74, 6) is -1.38. The molecule has 7 nitrogen and oxygen atoms in total. The number of hydrogen-bond acceptors (Lipinski definition) is 4. The van der Waals surface area contributed by atoms with E-state index in [1.54, 1.807) is 4.90 Å². The van der Waals surface area contributed by atoms with Crippen molar-refractivity contribution in [2.24, 2.45) is 17.8 Å². The summed E-state index contributed by atoms with van der Waals surface area (Å²) in [5, 5.41) is 6.27. The minimum atomic E-state index is -1.07. The van der Waals surface area contributed by atoms with Crippen LogP contribution in [-0.4, -0.2) is 52.5 Å². The second-order valence-electron chi connectivity index (χ2n) is 10.9. The second-order valence-corrected chi connectivity index (χ2v) is 10.9. The molecule has 2 bridgehead atoms. The molecule has 2 saturated carbocycles. The molecule has 1 spiro atoms. The number of aryl methyl sites for hydroxylation is 1. The van der Waals surface area contributed by atoms with Crippen molar-refractivity contribution in [3.63, 3.8) is 0 Å². The number of fused-ring (bicyclic) bond motifs is 1. The molecule has 2 N–H and O–H groups in total. The zero-order chi connectivity index (χ0) is 23.6. The van der Waals surface area contributed by atoms with Gasteiger partial charge in [0.2, 0.25) is 17.7 Å². The van der Waals surface area contributed by atoms with Crippen LogP contribution in [0.2, 0.25) is 0 Å². The molecule has 3 amide bonds. The normalized spacial score (nSPS) is 38.2. The lowest BCUT2D eigenvalue weighted by Crippen LogP contribution is -2.57. The molecule has 1 aromatic carbocycles. The SMILES string of the molecule is Cc1cccc(NC(=O)[C@H]2[C@H]3C=C[C@@]4(O3)[C@H]2C(=O)N(C2CC2)[C@@H]4C(=O)N[C@@H]2CCCC[C@@H]2C)c1. The van der Waals surface area contributed by atoms with Gasteiger partial charge in [0.15, 0.2) is 0 Å². The number of nitrogens with one attached hydrogen (secondary N) is 2. The molecule has 1 aromatic rings. The van der Waals surface area contributed by atoms with Crippen molar-refractivity contribution in [2.45, 2.75) is 82.2 Å². The summed E-state index contributed by atoms with van der Waals surface area (Å²) in [4.78, 5) is 42.7. The van der Waals surface area contributed by atoms with Gasteiger partial charge in [0, 0.05) is 17.8 Å². The molecule has 6 rings (SSSR count). The van der Waals surface area contributed by atoms with Crippen LogP contribution >= 0.6 is 0 Å². The Morgan fingerprint density at radius 3 is 2.65 bits per heavy atom. The van der Waals surface area contributed by atoms with Crippen LogP contribution in [0.3, 0.4) is 0 Å². The number of amides is 3. The summed E-state index contributed by atoms with van der Waals surface area (Å²) in [6, 6.07) is 7.08. The zero-order valence-electron chi connectivity index (χ0n) is 19.8. The van der Waals surface area contributed by atoms with E-state index in [0.29, 0.717) is 11.6 Å². The van der Waals surface area contributed by atoms with E-state index in [1.165, 1.54) is 6.42 Å². The highest BCUT2D eigenvalue weighted by molar-refractivity contribution is 6.03. The molecule has 180 valence electrons. The minimum absolute atomic E-state index is 0.0588. The first kappa shape index (κ1) is 21.8. The number of benzene rings is 1. The highest BCUT2D eigenvalue weighted by Crippen LogP contribution is 2.57. The third kappa shape index (κ3) is 3.31. The first-order chi connectivity index (χ1) is 16.4. The topological polar surface area (TPSA) is 87.7 Å². The van der Waals surface area contributed by atoms with E-state index < -0.39 is 29.6 Å². The van der Waals surface area contributed by atoms with Gasteiger partial charge >= 0.3 is 0 Å². The van der Waals surface area contributed by atoms with Gasteiger partial charge in [-0.25, -0.2) is 0 Å². The van der Waals surface area contributed by atoms with Crippen molar-refractivity contribution in [1.82, 2.24) is 10.2 Å². The number of rotatable bonds is 5. The van der Waals surface area contributed by atoms with Gasteiger partial charge in [-0.15, -0.1) is 0 Å². The van der Waals surface area contributed by atoms with Crippen LogP contribution in [0.15, 0.2) is 36.4 Å². The Labute approximate surface area is 200 Å². The average Bonchev–Trinajstić information content (AvgIpc) is 3.40. The van der Waals surface area contributed by atoms with Crippen molar-refractivity contribution < 1.29 is 19.1 Å². The molecule has 34 heavy (non-hydrogen) atoms. The molecule has 5 aliphatic rings. The lowest BCUT2D eigenvalue weighted by atomic mass is 9.74. The standard InChI is InChI=1S/C27H33N3O4/c1-15-6-5-8-17(14-15)28-24(31)21-20-12-13-27(34-20)22(21)26(33)30(18-10-11-18)23(27)25(32)29-19-9-4-3-7-16(19)2/h5-6,8,12-14,16,18-23H,3-4,7,9-11H2,1-2H3,(H,28,31)(H,29,32)/t16-,19+,20+,21-,22+,23+,27+/m0/s1. The van der Waals surface area contributed by atoms with Gasteiger partial charge in [0.25, 0.3) is 0 Å². The molecule has 7 heteroatoms. The fraction of sp³-hybridized carbons (Fsp3) is 0.593. The van der Waals surface area contributed by atoms with Crippen LogP contribution in [-0.2, 0) is 19.1 Å². The Morgan fingerprint density at radius 2 is 1.91 bits per heavy atom. The summed E-state index contributed by atoms with van der Waals surface area (Å²) in [5.41, 5.74) is 0.681.